The lowest BCUT2D eigenvalue weighted by Crippen LogP contribution is -2.38. The molecular weight excluding hydrogens is 450 g/mol. The lowest BCUT2D eigenvalue weighted by Gasteiger charge is -2.25. The Morgan fingerprint density at radius 2 is 1.67 bits per heavy atom. The third-order valence-corrected chi connectivity index (χ3v) is 6.44. The topological polar surface area (TPSA) is 128 Å². The van der Waals surface area contributed by atoms with E-state index < -0.39 is 38.0 Å². The number of nitrogens with one attached hydrogen (secondary N) is 1. The Morgan fingerprint density at radius 3 is 2.30 bits per heavy atom. The molecule has 3 aromatic rings. The summed E-state index contributed by atoms with van der Waals surface area (Å²) >= 11 is 0. The normalized spacial score (nSPS) is 10.8. The molecule has 0 aromatic heterocycles. The first-order valence-corrected chi connectivity index (χ1v) is 11.0. The van der Waals surface area contributed by atoms with Gasteiger partial charge in [0.05, 0.1) is 24.8 Å². The largest absolute Gasteiger partial charge is 0.497 e. The summed E-state index contributed by atoms with van der Waals surface area (Å²) in [6.07, 6.45) is 0. The van der Waals surface area contributed by atoms with E-state index in [1.54, 1.807) is 30.3 Å². The molecule has 3 rings (SSSR count). The maximum absolute atomic E-state index is 13.6. The summed E-state index contributed by atoms with van der Waals surface area (Å²) in [5.41, 5.74) is -0.134. The number of sulfonamides is 1. The van der Waals surface area contributed by atoms with Crippen LogP contribution in [0.2, 0.25) is 0 Å². The van der Waals surface area contributed by atoms with Crippen molar-refractivity contribution in [3.63, 3.8) is 0 Å². The summed E-state index contributed by atoms with van der Waals surface area (Å²) < 4.78 is 38.5. The van der Waals surface area contributed by atoms with Crippen LogP contribution in [0.15, 0.2) is 77.7 Å². The van der Waals surface area contributed by atoms with Gasteiger partial charge in [-0.1, -0.05) is 30.3 Å². The molecular formula is C22H21N3O7S. The lowest BCUT2D eigenvalue weighted by molar-refractivity contribution is -0.387. The van der Waals surface area contributed by atoms with Gasteiger partial charge < -0.3 is 14.8 Å². The molecule has 0 heterocycles. The predicted octanol–water partition coefficient (Wildman–Crippen LogP) is 3.45. The fourth-order valence-electron chi connectivity index (χ4n) is 3.09. The number of rotatable bonds is 9. The maximum Gasteiger partial charge on any atom is 0.289 e. The molecule has 0 saturated heterocycles. The Kier molecular flexibility index (Phi) is 7.13. The first-order valence-electron chi connectivity index (χ1n) is 9.61. The molecule has 0 radical (unpaired) electrons. The van der Waals surface area contributed by atoms with E-state index in [2.05, 4.69) is 5.32 Å². The van der Waals surface area contributed by atoms with Crippen LogP contribution in [0.5, 0.6) is 11.5 Å². The van der Waals surface area contributed by atoms with E-state index in [9.17, 15) is 23.3 Å². The molecule has 0 atom stereocenters. The molecule has 10 nitrogen and oxygen atoms in total. The molecule has 11 heteroatoms. The van der Waals surface area contributed by atoms with Gasteiger partial charge in [0.1, 0.15) is 18.0 Å². The smallest absolute Gasteiger partial charge is 0.289 e. The highest BCUT2D eigenvalue weighted by molar-refractivity contribution is 7.93. The fourth-order valence-corrected chi connectivity index (χ4v) is 4.68. The first kappa shape index (κ1) is 23.5. The van der Waals surface area contributed by atoms with Crippen LogP contribution in [0.3, 0.4) is 0 Å². The minimum absolute atomic E-state index is 0.0136. The molecule has 172 valence electrons. The zero-order valence-corrected chi connectivity index (χ0v) is 18.6. The van der Waals surface area contributed by atoms with Crippen molar-refractivity contribution in [1.29, 1.82) is 0 Å². The van der Waals surface area contributed by atoms with Gasteiger partial charge in [-0.05, 0) is 30.3 Å². The van der Waals surface area contributed by atoms with Crippen molar-refractivity contribution < 1.29 is 27.6 Å². The van der Waals surface area contributed by atoms with Gasteiger partial charge in [0.15, 0.2) is 4.90 Å². The minimum Gasteiger partial charge on any atom is -0.497 e. The Hall–Kier alpha value is -4.12. The Bertz CT molecular complexity index is 1260. The summed E-state index contributed by atoms with van der Waals surface area (Å²) in [7, 11) is -1.79. The fraction of sp³-hybridized carbons (Fsp3) is 0.136. The highest BCUT2D eigenvalue weighted by Crippen LogP contribution is 2.37. The third kappa shape index (κ3) is 5.21. The molecule has 0 fully saturated rings. The van der Waals surface area contributed by atoms with Crippen molar-refractivity contribution in [2.24, 2.45) is 0 Å². The number of nitrogens with zero attached hydrogens (tertiary/aromatic N) is 2. The molecule has 0 bridgehead atoms. The highest BCUT2D eigenvalue weighted by Gasteiger charge is 2.34. The number of anilines is 2. The predicted molar refractivity (Wildman–Crippen MR) is 122 cm³/mol. The summed E-state index contributed by atoms with van der Waals surface area (Å²) in [5, 5.41) is 14.1. The van der Waals surface area contributed by atoms with E-state index in [0.29, 0.717) is 11.4 Å². The molecule has 3 aromatic carbocycles. The van der Waals surface area contributed by atoms with E-state index in [1.165, 1.54) is 44.6 Å². The molecule has 33 heavy (non-hydrogen) atoms. The zero-order chi connectivity index (χ0) is 24.0. The van der Waals surface area contributed by atoms with Gasteiger partial charge in [-0.3, -0.25) is 19.2 Å². The van der Waals surface area contributed by atoms with Crippen molar-refractivity contribution in [3.05, 3.63) is 82.9 Å². The average Bonchev–Trinajstić information content (AvgIpc) is 2.82. The molecule has 0 aliphatic carbocycles. The van der Waals surface area contributed by atoms with E-state index >= 15 is 0 Å². The van der Waals surface area contributed by atoms with Gasteiger partial charge in [-0.2, -0.15) is 0 Å². The number of hydrogen-bond acceptors (Lipinski definition) is 7. The number of para-hydroxylation sites is 2. The monoisotopic (exact) mass is 471 g/mol. The van der Waals surface area contributed by atoms with Gasteiger partial charge in [-0.25, -0.2) is 8.42 Å². The summed E-state index contributed by atoms with van der Waals surface area (Å²) in [6.45, 7) is -0.661. The standard InChI is InChI=1S/C22H21N3O7S/c1-31-17-12-13-18(20(14-17)32-2)24(15-22(26)23-16-8-4-3-5-9-16)33(29,30)21-11-7-6-10-19(21)25(27)28/h3-14H,15H2,1-2H3,(H,23,26). The molecule has 0 saturated carbocycles. The number of amides is 1. The summed E-state index contributed by atoms with van der Waals surface area (Å²) in [5.74, 6) is -0.155. The van der Waals surface area contributed by atoms with Crippen molar-refractivity contribution in [3.8, 4) is 11.5 Å². The number of hydrogen-bond donors (Lipinski definition) is 1. The van der Waals surface area contributed by atoms with Crippen LogP contribution in [0, 0.1) is 10.1 Å². The van der Waals surface area contributed by atoms with Gasteiger partial charge in [-0.15, -0.1) is 0 Å². The van der Waals surface area contributed by atoms with Crippen LogP contribution in [0.25, 0.3) is 0 Å². The SMILES string of the molecule is COc1ccc(N(CC(=O)Nc2ccccc2)S(=O)(=O)c2ccccc2[N+](=O)[O-])c(OC)c1. The van der Waals surface area contributed by atoms with Crippen LogP contribution < -0.4 is 19.1 Å². The highest BCUT2D eigenvalue weighted by atomic mass is 32.2. The third-order valence-electron chi connectivity index (χ3n) is 4.63. The van der Waals surface area contributed by atoms with Crippen molar-refractivity contribution in [2.75, 3.05) is 30.4 Å². The van der Waals surface area contributed by atoms with E-state index in [-0.39, 0.29) is 11.4 Å². The number of benzene rings is 3. The Morgan fingerprint density at radius 1 is 1.00 bits per heavy atom. The maximum atomic E-state index is 13.6. The molecule has 1 amide bonds. The Labute approximate surface area is 190 Å². The van der Waals surface area contributed by atoms with Crippen molar-refractivity contribution in [1.82, 2.24) is 0 Å². The minimum atomic E-state index is -4.56. The van der Waals surface area contributed by atoms with Crippen LogP contribution in [-0.4, -0.2) is 40.0 Å². The molecule has 0 unspecified atom stereocenters. The molecule has 0 aliphatic heterocycles. The second-order valence-corrected chi connectivity index (χ2v) is 8.52. The zero-order valence-electron chi connectivity index (χ0n) is 17.8. The number of ether oxygens (including phenoxy) is 2. The average molecular weight is 471 g/mol. The van der Waals surface area contributed by atoms with Gasteiger partial charge in [0, 0.05) is 17.8 Å². The van der Waals surface area contributed by atoms with Crippen molar-refractivity contribution >= 4 is 33.0 Å². The number of nitro groups is 1. The van der Waals surface area contributed by atoms with Crippen LogP contribution >= 0.6 is 0 Å². The second kappa shape index (κ2) is 10.0. The van der Waals surface area contributed by atoms with Crippen molar-refractivity contribution in [2.45, 2.75) is 4.90 Å². The van der Waals surface area contributed by atoms with Gasteiger partial charge in [0.25, 0.3) is 15.7 Å². The second-order valence-electron chi connectivity index (χ2n) is 6.69. The lowest BCUT2D eigenvalue weighted by atomic mass is 10.2. The van der Waals surface area contributed by atoms with Gasteiger partial charge >= 0.3 is 0 Å². The van der Waals surface area contributed by atoms with E-state index in [0.717, 1.165) is 16.4 Å². The van der Waals surface area contributed by atoms with E-state index in [1.807, 2.05) is 0 Å². The van der Waals surface area contributed by atoms with Crippen LogP contribution in [0.1, 0.15) is 0 Å². The van der Waals surface area contributed by atoms with Crippen LogP contribution in [-0.2, 0) is 14.8 Å². The number of nitro benzene ring substituents is 1. The van der Waals surface area contributed by atoms with Crippen LogP contribution in [0.4, 0.5) is 17.1 Å². The first-order chi connectivity index (χ1) is 15.8. The Balaban J connectivity index is 2.11. The molecule has 0 aliphatic rings. The summed E-state index contributed by atoms with van der Waals surface area (Å²) in [4.78, 5) is 23.0. The molecule has 0 spiro atoms. The van der Waals surface area contributed by atoms with Gasteiger partial charge in [0.2, 0.25) is 5.91 Å². The summed E-state index contributed by atoms with van der Waals surface area (Å²) in [6, 6.07) is 17.8. The molecule has 1 N–H and O–H groups in total. The quantitative estimate of drug-likeness (QED) is 0.374. The number of carbonyl (C=O) groups is 1. The number of carbonyl (C=O) groups excluding carboxylic acids is 1. The number of methoxy groups -OCH3 is 2. The van der Waals surface area contributed by atoms with E-state index in [4.69, 9.17) is 9.47 Å².